The maximum absolute atomic E-state index is 13.8. The van der Waals surface area contributed by atoms with E-state index in [-0.39, 0.29) is 17.9 Å². The van der Waals surface area contributed by atoms with Gasteiger partial charge in [0.25, 0.3) is 0 Å². The molecular formula is C18H12F4N4O. The minimum atomic E-state index is -4.57. The molecule has 0 amide bonds. The van der Waals surface area contributed by atoms with E-state index in [2.05, 4.69) is 15.4 Å². The van der Waals surface area contributed by atoms with Crippen molar-refractivity contribution in [3.05, 3.63) is 64.6 Å². The molecule has 138 valence electrons. The molecule has 0 fully saturated rings. The molecule has 1 N–H and O–H groups in total. The fourth-order valence-electron chi connectivity index (χ4n) is 2.50. The minimum Gasteiger partial charge on any atom is -0.489 e. The Morgan fingerprint density at radius 1 is 1.19 bits per heavy atom. The monoisotopic (exact) mass is 376 g/mol. The average Bonchev–Trinajstić information content (AvgIpc) is 3.08. The Labute approximate surface area is 151 Å². The van der Waals surface area contributed by atoms with Gasteiger partial charge in [-0.2, -0.15) is 18.4 Å². The first-order chi connectivity index (χ1) is 12.8. The number of aromatic amines is 1. The first kappa shape index (κ1) is 18.4. The van der Waals surface area contributed by atoms with Crippen LogP contribution in [0.5, 0.6) is 5.75 Å². The summed E-state index contributed by atoms with van der Waals surface area (Å²) < 4.78 is 57.7. The van der Waals surface area contributed by atoms with Crippen LogP contribution in [0.3, 0.4) is 0 Å². The Morgan fingerprint density at radius 3 is 2.67 bits per heavy atom. The molecule has 0 unspecified atom stereocenters. The molecule has 3 rings (SSSR count). The van der Waals surface area contributed by atoms with E-state index in [1.165, 1.54) is 0 Å². The molecule has 0 aliphatic rings. The van der Waals surface area contributed by atoms with Crippen molar-refractivity contribution >= 4 is 0 Å². The zero-order chi connectivity index (χ0) is 19.6. The lowest BCUT2D eigenvalue weighted by Crippen LogP contribution is -2.07. The number of aryl methyl sites for hydroxylation is 1. The van der Waals surface area contributed by atoms with Crippen LogP contribution in [0.4, 0.5) is 17.6 Å². The van der Waals surface area contributed by atoms with Gasteiger partial charge in [0.1, 0.15) is 29.9 Å². The number of aromatic nitrogens is 3. The van der Waals surface area contributed by atoms with Gasteiger partial charge < -0.3 is 4.74 Å². The van der Waals surface area contributed by atoms with E-state index in [1.54, 1.807) is 25.1 Å². The van der Waals surface area contributed by atoms with E-state index in [1.807, 2.05) is 6.07 Å². The number of H-pyrrole nitrogens is 1. The molecule has 9 heteroatoms. The third-order valence-corrected chi connectivity index (χ3v) is 3.75. The van der Waals surface area contributed by atoms with Crippen LogP contribution < -0.4 is 4.74 Å². The lowest BCUT2D eigenvalue weighted by atomic mass is 10.1. The first-order valence-corrected chi connectivity index (χ1v) is 7.69. The number of nitrogens with one attached hydrogen (secondary N) is 1. The standard InChI is InChI=1S/C18H12F4N4O/c1-10-4-11(17-16(8-23)24-26-25-17)7-14(5-10)27-9-12-6-13(18(20,21)22)2-3-15(12)19/h2-7H,9H2,1H3,(H,24,25,26). The highest BCUT2D eigenvalue weighted by Gasteiger charge is 2.31. The Morgan fingerprint density at radius 2 is 1.96 bits per heavy atom. The molecule has 0 radical (unpaired) electrons. The summed E-state index contributed by atoms with van der Waals surface area (Å²) in [6.45, 7) is 1.38. The number of nitriles is 1. The molecule has 3 aromatic rings. The van der Waals surface area contributed by atoms with Gasteiger partial charge in [-0.15, -0.1) is 5.10 Å². The summed E-state index contributed by atoms with van der Waals surface area (Å²) in [7, 11) is 0. The Balaban J connectivity index is 1.86. The first-order valence-electron chi connectivity index (χ1n) is 7.69. The molecule has 2 aromatic carbocycles. The van der Waals surface area contributed by atoms with Gasteiger partial charge in [0.2, 0.25) is 0 Å². The maximum atomic E-state index is 13.8. The van der Waals surface area contributed by atoms with Crippen molar-refractivity contribution in [1.29, 1.82) is 5.26 Å². The zero-order valence-corrected chi connectivity index (χ0v) is 13.9. The summed E-state index contributed by atoms with van der Waals surface area (Å²) in [5.41, 5.74) is 0.617. The third-order valence-electron chi connectivity index (χ3n) is 3.75. The molecule has 0 bridgehead atoms. The van der Waals surface area contributed by atoms with Gasteiger partial charge in [-0.05, 0) is 48.9 Å². The van der Waals surface area contributed by atoms with Gasteiger partial charge in [-0.25, -0.2) is 9.49 Å². The normalized spacial score (nSPS) is 11.3. The van der Waals surface area contributed by atoms with E-state index < -0.39 is 17.6 Å². The van der Waals surface area contributed by atoms with Gasteiger partial charge in [0.15, 0.2) is 5.69 Å². The lowest BCUT2D eigenvalue weighted by molar-refractivity contribution is -0.137. The Bertz CT molecular complexity index is 1020. The van der Waals surface area contributed by atoms with Crippen molar-refractivity contribution < 1.29 is 22.3 Å². The molecule has 0 aliphatic heterocycles. The zero-order valence-electron chi connectivity index (χ0n) is 13.9. The fraction of sp³-hybridized carbons (Fsp3) is 0.167. The van der Waals surface area contributed by atoms with Crippen molar-refractivity contribution in [3.63, 3.8) is 0 Å². The summed E-state index contributed by atoms with van der Waals surface area (Å²) >= 11 is 0. The number of hydrogen-bond acceptors (Lipinski definition) is 4. The van der Waals surface area contributed by atoms with Gasteiger partial charge in [-0.1, -0.05) is 5.21 Å². The number of nitrogens with zero attached hydrogens (tertiary/aromatic N) is 3. The van der Waals surface area contributed by atoms with E-state index in [0.717, 1.165) is 17.7 Å². The number of alkyl halides is 3. The predicted octanol–water partition coefficient (Wildman–Crippen LogP) is 4.39. The molecule has 0 saturated carbocycles. The Hall–Kier alpha value is -3.41. The van der Waals surface area contributed by atoms with Gasteiger partial charge in [0, 0.05) is 11.1 Å². The highest BCUT2D eigenvalue weighted by Crippen LogP contribution is 2.31. The van der Waals surface area contributed by atoms with Crippen molar-refractivity contribution in [1.82, 2.24) is 15.4 Å². The summed E-state index contributed by atoms with van der Waals surface area (Å²) in [5, 5.41) is 18.9. The van der Waals surface area contributed by atoms with E-state index >= 15 is 0 Å². The molecule has 0 saturated heterocycles. The topological polar surface area (TPSA) is 74.6 Å². The van der Waals surface area contributed by atoms with Gasteiger partial charge >= 0.3 is 6.18 Å². The molecule has 0 atom stereocenters. The smallest absolute Gasteiger partial charge is 0.416 e. The number of rotatable bonds is 4. The second-order valence-corrected chi connectivity index (χ2v) is 5.77. The second-order valence-electron chi connectivity index (χ2n) is 5.77. The highest BCUT2D eigenvalue weighted by molar-refractivity contribution is 5.66. The van der Waals surface area contributed by atoms with Gasteiger partial charge in [0.05, 0.1) is 5.56 Å². The molecule has 0 aliphatic carbocycles. The van der Waals surface area contributed by atoms with Crippen molar-refractivity contribution in [2.75, 3.05) is 0 Å². The third kappa shape index (κ3) is 4.06. The SMILES string of the molecule is Cc1cc(OCc2cc(C(F)(F)F)ccc2F)cc(-c2nn[nH]c2C#N)c1. The number of ether oxygens (including phenoxy) is 1. The van der Waals surface area contributed by atoms with E-state index in [4.69, 9.17) is 10.00 Å². The lowest BCUT2D eigenvalue weighted by Gasteiger charge is -2.12. The van der Waals surface area contributed by atoms with Crippen molar-refractivity contribution in [3.8, 4) is 23.1 Å². The average molecular weight is 376 g/mol. The van der Waals surface area contributed by atoms with Crippen molar-refractivity contribution in [2.45, 2.75) is 19.7 Å². The quantitative estimate of drug-likeness (QED) is 0.686. The summed E-state index contributed by atoms with van der Waals surface area (Å²) in [4.78, 5) is 0. The predicted molar refractivity (Wildman–Crippen MR) is 87.0 cm³/mol. The fourth-order valence-corrected chi connectivity index (χ4v) is 2.50. The number of benzene rings is 2. The van der Waals surface area contributed by atoms with Crippen LogP contribution in [0.1, 0.15) is 22.4 Å². The van der Waals surface area contributed by atoms with Gasteiger partial charge in [-0.3, -0.25) is 0 Å². The van der Waals surface area contributed by atoms with Crippen LogP contribution in [0.2, 0.25) is 0 Å². The maximum Gasteiger partial charge on any atom is 0.416 e. The summed E-state index contributed by atoms with van der Waals surface area (Å²) in [6.07, 6.45) is -4.57. The van der Waals surface area contributed by atoms with Crippen molar-refractivity contribution in [2.24, 2.45) is 0 Å². The number of halogens is 4. The summed E-state index contributed by atoms with van der Waals surface area (Å²) in [5.74, 6) is -0.493. The van der Waals surface area contributed by atoms with Crippen LogP contribution in [-0.2, 0) is 12.8 Å². The number of hydrogen-bond donors (Lipinski definition) is 1. The molecule has 1 heterocycles. The summed E-state index contributed by atoms with van der Waals surface area (Å²) in [6, 6.07) is 9.02. The molecular weight excluding hydrogens is 364 g/mol. The van der Waals surface area contributed by atoms with Crippen LogP contribution in [-0.4, -0.2) is 15.4 Å². The highest BCUT2D eigenvalue weighted by atomic mass is 19.4. The van der Waals surface area contributed by atoms with Crippen LogP contribution in [0, 0.1) is 24.1 Å². The second kappa shape index (κ2) is 7.07. The van der Waals surface area contributed by atoms with Crippen LogP contribution in [0.25, 0.3) is 11.3 Å². The largest absolute Gasteiger partial charge is 0.489 e. The van der Waals surface area contributed by atoms with E-state index in [0.29, 0.717) is 23.1 Å². The Kier molecular flexibility index (Phi) is 4.81. The molecule has 1 aromatic heterocycles. The minimum absolute atomic E-state index is 0.162. The molecule has 0 spiro atoms. The van der Waals surface area contributed by atoms with Crippen LogP contribution >= 0.6 is 0 Å². The van der Waals surface area contributed by atoms with Crippen LogP contribution in [0.15, 0.2) is 36.4 Å². The van der Waals surface area contributed by atoms with E-state index in [9.17, 15) is 17.6 Å². The molecule has 27 heavy (non-hydrogen) atoms. The molecule has 5 nitrogen and oxygen atoms in total.